The number of carbonyl (C=O) groups is 1. The lowest BCUT2D eigenvalue weighted by atomic mass is 9.93. The second-order valence-corrected chi connectivity index (χ2v) is 9.01. The first-order valence-electron chi connectivity index (χ1n) is 11.5. The minimum absolute atomic E-state index is 0.370. The molecule has 2 atom stereocenters. The van der Waals surface area contributed by atoms with E-state index >= 15 is 0 Å². The largest absolute Gasteiger partial charge is 0.353 e. The van der Waals surface area contributed by atoms with Crippen LogP contribution in [0.3, 0.4) is 0 Å². The molecule has 0 saturated heterocycles. The molecule has 2 unspecified atom stereocenters. The van der Waals surface area contributed by atoms with E-state index in [1.165, 1.54) is 0 Å². The molecule has 0 aliphatic carbocycles. The zero-order chi connectivity index (χ0) is 26.0. The second-order valence-electron chi connectivity index (χ2n) is 8.17. The van der Waals surface area contributed by atoms with Gasteiger partial charge in [0.15, 0.2) is 5.11 Å². The molecule has 4 aromatic rings. The van der Waals surface area contributed by atoms with Crippen LogP contribution in [0.25, 0.3) is 0 Å². The average Bonchev–Trinajstić information content (AvgIpc) is 2.93. The molecule has 0 fully saturated rings. The Morgan fingerprint density at radius 3 is 1.73 bits per heavy atom. The Hall–Kier alpha value is -4.38. The Balaban J connectivity index is 1.60. The Morgan fingerprint density at radius 2 is 1.19 bits per heavy atom. The molecule has 184 valence electrons. The first kappa shape index (κ1) is 25.7. The van der Waals surface area contributed by atoms with Gasteiger partial charge >= 0.3 is 6.03 Å². The van der Waals surface area contributed by atoms with Crippen LogP contribution in [0.4, 0.5) is 16.2 Å². The van der Waals surface area contributed by atoms with Crippen LogP contribution in [0.5, 0.6) is 0 Å². The van der Waals surface area contributed by atoms with Gasteiger partial charge in [0.25, 0.3) is 0 Å². The Bertz CT molecular complexity index is 1370. The Kier molecular flexibility index (Phi) is 8.71. The van der Waals surface area contributed by atoms with Crippen LogP contribution in [-0.2, 0) is 0 Å². The number of nitrogens with one attached hydrogen (secondary N) is 4. The fourth-order valence-corrected chi connectivity index (χ4v) is 4.19. The molecule has 8 heteroatoms. The zero-order valence-corrected chi connectivity index (χ0v) is 21.3. The van der Waals surface area contributed by atoms with Crippen molar-refractivity contribution in [3.8, 4) is 6.07 Å². The first-order valence-corrected chi connectivity index (χ1v) is 12.3. The first-order chi connectivity index (χ1) is 18.0. The third-order valence-corrected chi connectivity index (χ3v) is 6.07. The van der Waals surface area contributed by atoms with Crippen molar-refractivity contribution in [2.24, 2.45) is 0 Å². The highest BCUT2D eigenvalue weighted by atomic mass is 35.5. The topological polar surface area (TPSA) is 89.0 Å². The van der Waals surface area contributed by atoms with Crippen molar-refractivity contribution >= 4 is 46.3 Å². The van der Waals surface area contributed by atoms with Gasteiger partial charge in [-0.05, 0) is 71.9 Å². The van der Waals surface area contributed by atoms with E-state index in [4.69, 9.17) is 29.1 Å². The van der Waals surface area contributed by atoms with E-state index in [-0.39, 0.29) is 6.03 Å². The SMILES string of the molecule is N#Cc1ccc(NC(=S)NC(c2ccccc2)C(NC(=O)Nc2ccc(Cl)cc2)c2ccccc2)cc1. The number of rotatable bonds is 7. The Morgan fingerprint density at radius 1 is 0.703 bits per heavy atom. The number of hydrogen-bond donors (Lipinski definition) is 4. The molecule has 0 radical (unpaired) electrons. The van der Waals surface area contributed by atoms with E-state index in [1.54, 1.807) is 48.5 Å². The molecule has 4 aromatic carbocycles. The summed E-state index contributed by atoms with van der Waals surface area (Å²) in [6.45, 7) is 0. The van der Waals surface area contributed by atoms with Gasteiger partial charge in [-0.1, -0.05) is 72.3 Å². The fraction of sp³-hybridized carbons (Fsp3) is 0.0690. The molecule has 0 heterocycles. The molecule has 0 saturated carbocycles. The lowest BCUT2D eigenvalue weighted by molar-refractivity contribution is 0.245. The predicted molar refractivity (Wildman–Crippen MR) is 152 cm³/mol. The summed E-state index contributed by atoms with van der Waals surface area (Å²) in [5.41, 5.74) is 3.76. The van der Waals surface area contributed by atoms with Gasteiger partial charge in [-0.25, -0.2) is 4.79 Å². The molecule has 37 heavy (non-hydrogen) atoms. The van der Waals surface area contributed by atoms with E-state index in [0.717, 1.165) is 16.8 Å². The summed E-state index contributed by atoms with van der Waals surface area (Å²) in [6, 6.07) is 34.3. The van der Waals surface area contributed by atoms with Crippen molar-refractivity contribution in [1.82, 2.24) is 10.6 Å². The summed E-state index contributed by atoms with van der Waals surface area (Å²) in [4.78, 5) is 13.1. The number of halogens is 1. The number of benzene rings is 4. The minimum Gasteiger partial charge on any atom is -0.353 e. The lowest BCUT2D eigenvalue weighted by Crippen LogP contribution is -2.43. The summed E-state index contributed by atoms with van der Waals surface area (Å²) >= 11 is 11.6. The van der Waals surface area contributed by atoms with Gasteiger partial charge in [0.1, 0.15) is 0 Å². The van der Waals surface area contributed by atoms with Crippen molar-refractivity contribution in [3.63, 3.8) is 0 Å². The molecule has 0 aromatic heterocycles. The highest BCUT2D eigenvalue weighted by Crippen LogP contribution is 2.29. The summed E-state index contributed by atoms with van der Waals surface area (Å²) in [6.07, 6.45) is 0. The van der Waals surface area contributed by atoms with Crippen molar-refractivity contribution in [2.45, 2.75) is 12.1 Å². The molecular weight excluding hydrogens is 502 g/mol. The van der Waals surface area contributed by atoms with E-state index in [0.29, 0.717) is 21.4 Å². The maximum Gasteiger partial charge on any atom is 0.319 e. The molecule has 0 aliphatic rings. The number of anilines is 2. The summed E-state index contributed by atoms with van der Waals surface area (Å²) in [5.74, 6) is 0. The quantitative estimate of drug-likeness (QED) is 0.199. The van der Waals surface area contributed by atoms with Crippen LogP contribution >= 0.6 is 23.8 Å². The van der Waals surface area contributed by atoms with Crippen LogP contribution in [0, 0.1) is 11.3 Å². The van der Waals surface area contributed by atoms with Crippen LogP contribution in [-0.4, -0.2) is 11.1 Å². The van der Waals surface area contributed by atoms with Crippen molar-refractivity contribution < 1.29 is 4.79 Å². The summed E-state index contributed by atoms with van der Waals surface area (Å²) in [5, 5.41) is 22.5. The minimum atomic E-state index is -0.475. The highest BCUT2D eigenvalue weighted by molar-refractivity contribution is 7.80. The molecule has 0 bridgehead atoms. The van der Waals surface area contributed by atoms with Gasteiger partial charge in [0.05, 0.1) is 23.7 Å². The number of urea groups is 1. The van der Waals surface area contributed by atoms with Crippen LogP contribution in [0.2, 0.25) is 5.02 Å². The van der Waals surface area contributed by atoms with Gasteiger partial charge in [-0.2, -0.15) is 5.26 Å². The fourth-order valence-electron chi connectivity index (χ4n) is 3.82. The number of thiocarbonyl (C=S) groups is 1. The van der Waals surface area contributed by atoms with Crippen LogP contribution in [0.15, 0.2) is 109 Å². The van der Waals surface area contributed by atoms with Crippen molar-refractivity contribution in [2.75, 3.05) is 10.6 Å². The van der Waals surface area contributed by atoms with Crippen LogP contribution in [0.1, 0.15) is 28.8 Å². The molecule has 4 N–H and O–H groups in total. The molecule has 4 rings (SSSR count). The van der Waals surface area contributed by atoms with Crippen molar-refractivity contribution in [3.05, 3.63) is 131 Å². The van der Waals surface area contributed by atoms with E-state index in [1.807, 2.05) is 60.7 Å². The smallest absolute Gasteiger partial charge is 0.319 e. The molecule has 6 nitrogen and oxygen atoms in total. The number of amides is 2. The molecule has 0 spiro atoms. The van der Waals surface area contributed by atoms with Gasteiger partial charge in [0.2, 0.25) is 0 Å². The second kappa shape index (κ2) is 12.5. The number of hydrogen-bond acceptors (Lipinski definition) is 3. The standard InChI is InChI=1S/C29H24ClN5OS/c30-23-13-17-24(18-14-23)32-28(36)34-26(21-7-3-1-4-8-21)27(22-9-5-2-6-10-22)35-29(37)33-25-15-11-20(19-31)12-16-25/h1-18,26-27H,(H2,32,34,36)(H2,33,35,37). The van der Waals surface area contributed by atoms with Gasteiger partial charge in [-0.15, -0.1) is 0 Å². The summed E-state index contributed by atoms with van der Waals surface area (Å²) in [7, 11) is 0. The maximum atomic E-state index is 13.1. The average molecular weight is 526 g/mol. The summed E-state index contributed by atoms with van der Waals surface area (Å²) < 4.78 is 0. The third kappa shape index (κ3) is 7.31. The zero-order valence-electron chi connectivity index (χ0n) is 19.7. The van der Waals surface area contributed by atoms with Crippen LogP contribution < -0.4 is 21.3 Å². The maximum absolute atomic E-state index is 13.1. The lowest BCUT2D eigenvalue weighted by Gasteiger charge is -2.31. The normalized spacial score (nSPS) is 11.9. The Labute approximate surface area is 226 Å². The molecule has 2 amide bonds. The van der Waals surface area contributed by atoms with E-state index in [2.05, 4.69) is 27.3 Å². The van der Waals surface area contributed by atoms with Gasteiger partial charge < -0.3 is 21.3 Å². The number of nitriles is 1. The van der Waals surface area contributed by atoms with Gasteiger partial charge in [0, 0.05) is 16.4 Å². The number of carbonyl (C=O) groups excluding carboxylic acids is 1. The van der Waals surface area contributed by atoms with E-state index < -0.39 is 12.1 Å². The molecular formula is C29H24ClN5OS. The number of nitrogens with zero attached hydrogens (tertiary/aromatic N) is 1. The predicted octanol–water partition coefficient (Wildman–Crippen LogP) is 6.80. The highest BCUT2D eigenvalue weighted by Gasteiger charge is 2.27. The van der Waals surface area contributed by atoms with E-state index in [9.17, 15) is 4.79 Å². The third-order valence-electron chi connectivity index (χ3n) is 5.60. The molecule has 0 aliphatic heterocycles. The monoisotopic (exact) mass is 525 g/mol. The van der Waals surface area contributed by atoms with Gasteiger partial charge in [-0.3, -0.25) is 0 Å². The van der Waals surface area contributed by atoms with Crippen molar-refractivity contribution in [1.29, 1.82) is 5.26 Å².